The van der Waals surface area contributed by atoms with Crippen molar-refractivity contribution in [3.8, 4) is 0 Å². The van der Waals surface area contributed by atoms with Gasteiger partial charge < -0.3 is 20.5 Å². The lowest BCUT2D eigenvalue weighted by molar-refractivity contribution is -0.132. The number of carbonyl (C=O) groups excluding carboxylic acids is 2. The number of rotatable bonds is 6. The summed E-state index contributed by atoms with van der Waals surface area (Å²) >= 11 is 0. The summed E-state index contributed by atoms with van der Waals surface area (Å²) in [5, 5.41) is 6.35. The Morgan fingerprint density at radius 3 is 2.57 bits per heavy atom. The maximum absolute atomic E-state index is 11.9. The third-order valence-electron chi connectivity index (χ3n) is 2.94. The van der Waals surface area contributed by atoms with Crippen LogP contribution in [0.25, 0.3) is 0 Å². The monoisotopic (exact) mass is 318 g/mol. The van der Waals surface area contributed by atoms with E-state index >= 15 is 0 Å². The van der Waals surface area contributed by atoms with Crippen LogP contribution in [-0.4, -0.2) is 41.5 Å². The van der Waals surface area contributed by atoms with Gasteiger partial charge in [-0.2, -0.15) is 0 Å². The Morgan fingerprint density at radius 1 is 1.48 bits per heavy atom. The zero-order valence-electron chi connectivity index (χ0n) is 12.8. The second-order valence-corrected chi connectivity index (χ2v) is 5.17. The zero-order chi connectivity index (χ0) is 15.3. The SMILES string of the molecule is Cc1cc(CN(C)C(=O)CNC(=O)[C@@H](N)C(C)C)no1.Cl. The fourth-order valence-electron chi connectivity index (χ4n) is 1.54. The molecule has 1 aromatic rings. The lowest BCUT2D eigenvalue weighted by atomic mass is 10.1. The molecule has 0 aliphatic rings. The number of carbonyl (C=O) groups is 2. The Labute approximate surface area is 130 Å². The van der Waals surface area contributed by atoms with Gasteiger partial charge in [0.2, 0.25) is 11.8 Å². The smallest absolute Gasteiger partial charge is 0.242 e. The van der Waals surface area contributed by atoms with Crippen LogP contribution in [-0.2, 0) is 16.1 Å². The molecule has 7 nitrogen and oxygen atoms in total. The van der Waals surface area contributed by atoms with Crippen molar-refractivity contribution < 1.29 is 14.1 Å². The molecule has 0 aliphatic carbocycles. The molecule has 0 radical (unpaired) electrons. The molecule has 0 unspecified atom stereocenters. The quantitative estimate of drug-likeness (QED) is 0.793. The largest absolute Gasteiger partial charge is 0.361 e. The van der Waals surface area contributed by atoms with E-state index in [1.54, 1.807) is 20.0 Å². The summed E-state index contributed by atoms with van der Waals surface area (Å²) in [7, 11) is 1.64. The van der Waals surface area contributed by atoms with Crippen LogP contribution in [0.2, 0.25) is 0 Å². The minimum absolute atomic E-state index is 0. The van der Waals surface area contributed by atoms with E-state index in [2.05, 4.69) is 10.5 Å². The highest BCUT2D eigenvalue weighted by Crippen LogP contribution is 2.04. The third-order valence-corrected chi connectivity index (χ3v) is 2.94. The molecule has 0 saturated heterocycles. The van der Waals surface area contributed by atoms with Crippen molar-refractivity contribution in [1.29, 1.82) is 0 Å². The number of hydrogen-bond donors (Lipinski definition) is 2. The van der Waals surface area contributed by atoms with Gasteiger partial charge in [0.1, 0.15) is 11.5 Å². The van der Waals surface area contributed by atoms with E-state index < -0.39 is 6.04 Å². The predicted molar refractivity (Wildman–Crippen MR) is 80.8 cm³/mol. The number of halogens is 1. The van der Waals surface area contributed by atoms with E-state index in [9.17, 15) is 9.59 Å². The highest BCUT2D eigenvalue weighted by molar-refractivity contribution is 5.87. The van der Waals surface area contributed by atoms with Crippen molar-refractivity contribution in [3.63, 3.8) is 0 Å². The second-order valence-electron chi connectivity index (χ2n) is 5.17. The minimum atomic E-state index is -0.605. The lowest BCUT2D eigenvalue weighted by Crippen LogP contribution is -2.47. The van der Waals surface area contributed by atoms with Crippen molar-refractivity contribution in [1.82, 2.24) is 15.4 Å². The van der Waals surface area contributed by atoms with E-state index in [1.165, 1.54) is 4.90 Å². The van der Waals surface area contributed by atoms with Crippen molar-refractivity contribution in [3.05, 3.63) is 17.5 Å². The third kappa shape index (κ3) is 6.14. The minimum Gasteiger partial charge on any atom is -0.361 e. The average Bonchev–Trinajstić information content (AvgIpc) is 2.79. The van der Waals surface area contributed by atoms with Crippen molar-refractivity contribution in [2.24, 2.45) is 11.7 Å². The van der Waals surface area contributed by atoms with E-state index in [4.69, 9.17) is 10.3 Å². The molecular formula is C13H23ClN4O3. The van der Waals surface area contributed by atoms with Gasteiger partial charge in [-0.05, 0) is 12.8 Å². The molecule has 1 aromatic heterocycles. The number of aromatic nitrogens is 1. The summed E-state index contributed by atoms with van der Waals surface area (Å²) in [4.78, 5) is 25.0. The molecule has 21 heavy (non-hydrogen) atoms. The van der Waals surface area contributed by atoms with Gasteiger partial charge in [-0.3, -0.25) is 9.59 Å². The highest BCUT2D eigenvalue weighted by Gasteiger charge is 2.19. The summed E-state index contributed by atoms with van der Waals surface area (Å²) in [6, 6.07) is 1.16. The fraction of sp³-hybridized carbons (Fsp3) is 0.615. The summed E-state index contributed by atoms with van der Waals surface area (Å²) in [5.41, 5.74) is 6.36. The van der Waals surface area contributed by atoms with Gasteiger partial charge in [-0.15, -0.1) is 12.4 Å². The first-order valence-corrected chi connectivity index (χ1v) is 6.50. The Morgan fingerprint density at radius 2 is 2.10 bits per heavy atom. The van der Waals surface area contributed by atoms with Gasteiger partial charge in [0.25, 0.3) is 0 Å². The normalized spacial score (nSPS) is 11.7. The van der Waals surface area contributed by atoms with Crippen LogP contribution in [0.3, 0.4) is 0 Å². The van der Waals surface area contributed by atoms with Crippen molar-refractivity contribution in [2.75, 3.05) is 13.6 Å². The van der Waals surface area contributed by atoms with Crippen LogP contribution in [0, 0.1) is 12.8 Å². The van der Waals surface area contributed by atoms with Gasteiger partial charge in [0.05, 0.1) is 19.1 Å². The molecular weight excluding hydrogens is 296 g/mol. The summed E-state index contributed by atoms with van der Waals surface area (Å²) < 4.78 is 4.93. The molecule has 0 spiro atoms. The maximum Gasteiger partial charge on any atom is 0.242 e. The predicted octanol–water partition coefficient (Wildman–Crippen LogP) is 0.463. The van der Waals surface area contributed by atoms with Crippen LogP contribution in [0.15, 0.2) is 10.6 Å². The first kappa shape index (κ1) is 19.4. The molecule has 0 aromatic carbocycles. The van der Waals surface area contributed by atoms with E-state index in [1.807, 2.05) is 13.8 Å². The summed E-state index contributed by atoms with van der Waals surface area (Å²) in [6.45, 7) is 5.75. The Kier molecular flexibility index (Phi) is 7.98. The van der Waals surface area contributed by atoms with Gasteiger partial charge in [0, 0.05) is 13.1 Å². The number of nitrogens with one attached hydrogen (secondary N) is 1. The van der Waals surface area contributed by atoms with Crippen LogP contribution in [0.5, 0.6) is 0 Å². The average molecular weight is 319 g/mol. The number of nitrogens with zero attached hydrogens (tertiary/aromatic N) is 2. The molecule has 1 heterocycles. The lowest BCUT2D eigenvalue weighted by Gasteiger charge is -2.18. The molecule has 0 saturated carbocycles. The molecule has 0 fully saturated rings. The van der Waals surface area contributed by atoms with Crippen LogP contribution >= 0.6 is 12.4 Å². The van der Waals surface area contributed by atoms with Crippen molar-refractivity contribution in [2.45, 2.75) is 33.4 Å². The van der Waals surface area contributed by atoms with E-state index in [-0.39, 0.29) is 36.7 Å². The number of aryl methyl sites for hydroxylation is 1. The molecule has 8 heteroatoms. The van der Waals surface area contributed by atoms with Gasteiger partial charge >= 0.3 is 0 Å². The van der Waals surface area contributed by atoms with Gasteiger partial charge in [-0.25, -0.2) is 0 Å². The topological polar surface area (TPSA) is 101 Å². The molecule has 1 rings (SSSR count). The first-order chi connectivity index (χ1) is 9.31. The zero-order valence-corrected chi connectivity index (χ0v) is 13.6. The van der Waals surface area contributed by atoms with E-state index in [0.29, 0.717) is 18.0 Å². The maximum atomic E-state index is 11.9. The molecule has 120 valence electrons. The molecule has 2 amide bonds. The Bertz CT molecular complexity index is 476. The number of nitrogens with two attached hydrogens (primary N) is 1. The molecule has 3 N–H and O–H groups in total. The van der Waals surface area contributed by atoms with E-state index in [0.717, 1.165) is 0 Å². The summed E-state index contributed by atoms with van der Waals surface area (Å²) in [6.07, 6.45) is 0. The Balaban J connectivity index is 0.00000400. The number of hydrogen-bond acceptors (Lipinski definition) is 5. The second kappa shape index (κ2) is 8.63. The van der Waals surface area contributed by atoms with Gasteiger partial charge in [0.15, 0.2) is 0 Å². The van der Waals surface area contributed by atoms with Crippen LogP contribution < -0.4 is 11.1 Å². The molecule has 1 atom stereocenters. The number of amides is 2. The van der Waals surface area contributed by atoms with Crippen molar-refractivity contribution >= 4 is 24.2 Å². The number of likely N-dealkylation sites (N-methyl/N-ethyl adjacent to an activating group) is 1. The highest BCUT2D eigenvalue weighted by atomic mass is 35.5. The fourth-order valence-corrected chi connectivity index (χ4v) is 1.54. The first-order valence-electron chi connectivity index (χ1n) is 6.50. The van der Waals surface area contributed by atoms with Crippen LogP contribution in [0.1, 0.15) is 25.3 Å². The van der Waals surface area contributed by atoms with Gasteiger partial charge in [-0.1, -0.05) is 19.0 Å². The standard InChI is InChI=1S/C13H22N4O3.ClH/c1-8(2)12(14)13(19)15-6-11(18)17(4)7-10-5-9(3)20-16-10;/h5,8,12H,6-7,14H2,1-4H3,(H,15,19);1H/t12-;/m0./s1. The van der Waals surface area contributed by atoms with Crippen LogP contribution in [0.4, 0.5) is 0 Å². The molecule has 0 aliphatic heterocycles. The molecule has 0 bridgehead atoms. The summed E-state index contributed by atoms with van der Waals surface area (Å²) in [5.74, 6) is 0.187. The Hall–Kier alpha value is -1.60.